The predicted molar refractivity (Wildman–Crippen MR) is 90.4 cm³/mol. The third-order valence-electron chi connectivity index (χ3n) is 4.42. The minimum atomic E-state index is 0.710. The molecule has 0 atom stereocenters. The summed E-state index contributed by atoms with van der Waals surface area (Å²) in [5, 5.41) is 0. The molecule has 0 amide bonds. The van der Waals surface area contributed by atoms with E-state index in [0.29, 0.717) is 6.61 Å². The maximum Gasteiger partial charge on any atom is 0.0717 e. The van der Waals surface area contributed by atoms with Gasteiger partial charge in [-0.1, -0.05) is 42.5 Å². The van der Waals surface area contributed by atoms with Crippen molar-refractivity contribution < 1.29 is 4.74 Å². The number of allylic oxidation sites excluding steroid dienone is 2. The van der Waals surface area contributed by atoms with Crippen LogP contribution in [0, 0.1) is 5.92 Å². The van der Waals surface area contributed by atoms with Crippen LogP contribution in [0.4, 0.5) is 0 Å². The van der Waals surface area contributed by atoms with Crippen LogP contribution in [0.1, 0.15) is 56.1 Å². The van der Waals surface area contributed by atoms with Gasteiger partial charge in [-0.15, -0.1) is 6.58 Å². The third-order valence-corrected chi connectivity index (χ3v) is 4.42. The summed E-state index contributed by atoms with van der Waals surface area (Å²) >= 11 is 0. The van der Waals surface area contributed by atoms with Crippen molar-refractivity contribution in [3.05, 3.63) is 60.2 Å². The number of hydrogen-bond acceptors (Lipinski definition) is 1. The molecular weight excluding hydrogens is 256 g/mol. The fourth-order valence-corrected chi connectivity index (χ4v) is 3.16. The standard InChI is InChI=1S/C20H28O/c1-3-5-15-21-16-18-9-13-20(14-10-18)19-11-7-17(6-4-2)8-12-19/h3-4,6,9-10,13-14,17,19H,1,5,7-8,11-12,15-16H2,2H3/b6-4-. The van der Waals surface area contributed by atoms with Crippen LogP contribution in [0.25, 0.3) is 0 Å². The molecule has 0 unspecified atom stereocenters. The Morgan fingerprint density at radius 2 is 1.86 bits per heavy atom. The van der Waals surface area contributed by atoms with Gasteiger partial charge in [0, 0.05) is 0 Å². The highest BCUT2D eigenvalue weighted by Crippen LogP contribution is 2.36. The Kier molecular flexibility index (Phi) is 6.75. The van der Waals surface area contributed by atoms with E-state index < -0.39 is 0 Å². The Bertz CT molecular complexity index is 435. The third kappa shape index (κ3) is 5.17. The molecule has 21 heavy (non-hydrogen) atoms. The van der Waals surface area contributed by atoms with Gasteiger partial charge in [-0.25, -0.2) is 0 Å². The van der Waals surface area contributed by atoms with E-state index in [1.807, 2.05) is 6.08 Å². The molecule has 0 N–H and O–H groups in total. The van der Waals surface area contributed by atoms with Gasteiger partial charge in [0.2, 0.25) is 0 Å². The molecule has 0 bridgehead atoms. The normalized spacial score (nSPS) is 22.5. The van der Waals surface area contributed by atoms with Crippen LogP contribution in [0.3, 0.4) is 0 Å². The quantitative estimate of drug-likeness (QED) is 0.466. The Morgan fingerprint density at radius 3 is 2.48 bits per heavy atom. The Hall–Kier alpha value is -1.34. The Morgan fingerprint density at radius 1 is 1.14 bits per heavy atom. The molecule has 0 aromatic heterocycles. The first-order valence-corrected chi connectivity index (χ1v) is 8.23. The average Bonchev–Trinajstić information content (AvgIpc) is 2.53. The first kappa shape index (κ1) is 16.0. The molecule has 0 aliphatic heterocycles. The van der Waals surface area contributed by atoms with Crippen LogP contribution in [0.5, 0.6) is 0 Å². The van der Waals surface area contributed by atoms with Crippen LogP contribution in [0.2, 0.25) is 0 Å². The molecule has 1 fully saturated rings. The molecular formula is C20H28O. The van der Waals surface area contributed by atoms with Gasteiger partial charge in [-0.05, 0) is 62.0 Å². The second kappa shape index (κ2) is 8.84. The predicted octanol–water partition coefficient (Wildman–Crippen LogP) is 5.63. The van der Waals surface area contributed by atoms with E-state index in [0.717, 1.165) is 24.9 Å². The van der Waals surface area contributed by atoms with E-state index in [2.05, 4.69) is 49.9 Å². The van der Waals surface area contributed by atoms with Gasteiger partial charge in [-0.2, -0.15) is 0 Å². The summed E-state index contributed by atoms with van der Waals surface area (Å²) in [5.74, 6) is 1.56. The lowest BCUT2D eigenvalue weighted by Crippen LogP contribution is -2.11. The molecule has 0 spiro atoms. The average molecular weight is 284 g/mol. The fraction of sp³-hybridized carbons (Fsp3) is 0.500. The first-order chi connectivity index (χ1) is 10.3. The topological polar surface area (TPSA) is 9.23 Å². The molecule has 1 aliphatic rings. The summed E-state index contributed by atoms with van der Waals surface area (Å²) in [6.07, 6.45) is 12.7. The Labute approximate surface area is 129 Å². The lowest BCUT2D eigenvalue weighted by molar-refractivity contribution is 0.125. The van der Waals surface area contributed by atoms with E-state index in [4.69, 9.17) is 4.74 Å². The van der Waals surface area contributed by atoms with Crippen LogP contribution in [-0.2, 0) is 11.3 Å². The molecule has 1 aliphatic carbocycles. The molecule has 1 heteroatoms. The van der Waals surface area contributed by atoms with Crippen molar-refractivity contribution in [1.82, 2.24) is 0 Å². The van der Waals surface area contributed by atoms with Crippen molar-refractivity contribution >= 4 is 0 Å². The molecule has 1 aromatic rings. The lowest BCUT2D eigenvalue weighted by atomic mass is 9.78. The number of benzene rings is 1. The van der Waals surface area contributed by atoms with Crippen LogP contribution < -0.4 is 0 Å². The molecule has 1 nitrogen and oxygen atoms in total. The van der Waals surface area contributed by atoms with Gasteiger partial charge < -0.3 is 4.74 Å². The Balaban J connectivity index is 1.81. The fourth-order valence-electron chi connectivity index (χ4n) is 3.16. The van der Waals surface area contributed by atoms with Crippen molar-refractivity contribution in [2.75, 3.05) is 6.61 Å². The number of ether oxygens (including phenoxy) is 1. The zero-order valence-electron chi connectivity index (χ0n) is 13.3. The molecule has 1 saturated carbocycles. The minimum Gasteiger partial charge on any atom is -0.376 e. The van der Waals surface area contributed by atoms with Gasteiger partial charge in [-0.3, -0.25) is 0 Å². The SMILES string of the molecule is C=CCCOCc1ccc(C2CCC(/C=C\C)CC2)cc1. The van der Waals surface area contributed by atoms with E-state index >= 15 is 0 Å². The van der Waals surface area contributed by atoms with Crippen molar-refractivity contribution in [1.29, 1.82) is 0 Å². The van der Waals surface area contributed by atoms with Gasteiger partial charge in [0.15, 0.2) is 0 Å². The summed E-state index contributed by atoms with van der Waals surface area (Å²) in [6, 6.07) is 9.04. The van der Waals surface area contributed by atoms with Crippen LogP contribution >= 0.6 is 0 Å². The summed E-state index contributed by atoms with van der Waals surface area (Å²) in [4.78, 5) is 0. The van der Waals surface area contributed by atoms with Crippen molar-refractivity contribution in [3.8, 4) is 0 Å². The summed E-state index contributed by atoms with van der Waals surface area (Å²) < 4.78 is 5.61. The summed E-state index contributed by atoms with van der Waals surface area (Å²) in [5.41, 5.74) is 2.77. The summed E-state index contributed by atoms with van der Waals surface area (Å²) in [7, 11) is 0. The molecule has 0 heterocycles. The van der Waals surface area contributed by atoms with Crippen molar-refractivity contribution in [3.63, 3.8) is 0 Å². The zero-order valence-corrected chi connectivity index (χ0v) is 13.3. The zero-order chi connectivity index (χ0) is 14.9. The largest absolute Gasteiger partial charge is 0.376 e. The molecule has 2 rings (SSSR count). The number of rotatable bonds is 7. The van der Waals surface area contributed by atoms with Gasteiger partial charge in [0.05, 0.1) is 13.2 Å². The lowest BCUT2D eigenvalue weighted by Gasteiger charge is -2.27. The highest BCUT2D eigenvalue weighted by molar-refractivity contribution is 5.25. The van der Waals surface area contributed by atoms with Gasteiger partial charge in [0.25, 0.3) is 0 Å². The smallest absolute Gasteiger partial charge is 0.0717 e. The van der Waals surface area contributed by atoms with Gasteiger partial charge >= 0.3 is 0 Å². The highest BCUT2D eigenvalue weighted by Gasteiger charge is 2.20. The van der Waals surface area contributed by atoms with Crippen molar-refractivity contribution in [2.45, 2.75) is 51.6 Å². The highest BCUT2D eigenvalue weighted by atomic mass is 16.5. The molecule has 0 saturated heterocycles. The number of hydrogen-bond donors (Lipinski definition) is 0. The summed E-state index contributed by atoms with van der Waals surface area (Å²) in [6.45, 7) is 7.30. The van der Waals surface area contributed by atoms with E-state index in [-0.39, 0.29) is 0 Å². The van der Waals surface area contributed by atoms with E-state index in [1.54, 1.807) is 0 Å². The van der Waals surface area contributed by atoms with E-state index in [9.17, 15) is 0 Å². The molecule has 114 valence electrons. The molecule has 0 radical (unpaired) electrons. The van der Waals surface area contributed by atoms with Crippen molar-refractivity contribution in [2.24, 2.45) is 5.92 Å². The maximum absolute atomic E-state index is 5.61. The second-order valence-electron chi connectivity index (χ2n) is 6.01. The monoisotopic (exact) mass is 284 g/mol. The maximum atomic E-state index is 5.61. The van der Waals surface area contributed by atoms with E-state index in [1.165, 1.54) is 36.8 Å². The first-order valence-electron chi connectivity index (χ1n) is 8.23. The van der Waals surface area contributed by atoms with Gasteiger partial charge in [0.1, 0.15) is 0 Å². The second-order valence-corrected chi connectivity index (χ2v) is 6.01. The van der Waals surface area contributed by atoms with Crippen LogP contribution in [0.15, 0.2) is 49.1 Å². The minimum absolute atomic E-state index is 0.710. The van der Waals surface area contributed by atoms with Crippen LogP contribution in [-0.4, -0.2) is 6.61 Å². The molecule has 1 aromatic carbocycles.